The molecule has 0 saturated carbocycles. The van der Waals surface area contributed by atoms with E-state index in [1.165, 1.54) is 18.1 Å². The molecule has 1 aromatic heterocycles. The van der Waals surface area contributed by atoms with Crippen molar-refractivity contribution >= 4 is 40.1 Å². The Balaban J connectivity index is 1.55. The van der Waals surface area contributed by atoms with Crippen LogP contribution in [0.25, 0.3) is 0 Å². The number of halogens is 1. The van der Waals surface area contributed by atoms with Gasteiger partial charge in [-0.05, 0) is 71.6 Å². The average molecular weight is 537 g/mol. The van der Waals surface area contributed by atoms with E-state index in [9.17, 15) is 15.2 Å². The van der Waals surface area contributed by atoms with E-state index < -0.39 is 5.97 Å². The molecular formula is C29H29ClN2O4S. The number of nitrogens with zero attached hydrogens (tertiary/aromatic N) is 2. The minimum atomic E-state index is -0.999. The lowest BCUT2D eigenvalue weighted by Crippen LogP contribution is -2.26. The molecule has 192 valence electrons. The molecule has 0 amide bonds. The van der Waals surface area contributed by atoms with Crippen LogP contribution < -0.4 is 9.47 Å². The van der Waals surface area contributed by atoms with Crippen LogP contribution in [0.15, 0.2) is 41.4 Å². The summed E-state index contributed by atoms with van der Waals surface area (Å²) >= 11 is 8.13. The van der Waals surface area contributed by atoms with Crippen LogP contribution in [0.1, 0.15) is 64.7 Å². The summed E-state index contributed by atoms with van der Waals surface area (Å²) < 4.78 is 11.4. The fourth-order valence-corrected chi connectivity index (χ4v) is 6.05. The van der Waals surface area contributed by atoms with Crippen LogP contribution in [0.4, 0.5) is 5.00 Å². The molecule has 37 heavy (non-hydrogen) atoms. The normalized spacial score (nSPS) is 15.3. The first-order chi connectivity index (χ1) is 17.6. The molecule has 1 atom stereocenters. The maximum atomic E-state index is 11.2. The summed E-state index contributed by atoms with van der Waals surface area (Å²) in [5.74, 6) is 0.382. The summed E-state index contributed by atoms with van der Waals surface area (Å²) in [6, 6.07) is 12.4. The van der Waals surface area contributed by atoms with Crippen LogP contribution >= 0.6 is 22.9 Å². The largest absolute Gasteiger partial charge is 0.493 e. The topological polar surface area (TPSA) is 91.9 Å². The minimum Gasteiger partial charge on any atom is -0.493 e. The number of thiophene rings is 1. The van der Waals surface area contributed by atoms with Gasteiger partial charge in [0.1, 0.15) is 17.7 Å². The zero-order chi connectivity index (χ0) is 26.7. The highest BCUT2D eigenvalue weighted by molar-refractivity contribution is 7.16. The number of hydrogen-bond acceptors (Lipinski definition) is 6. The lowest BCUT2D eigenvalue weighted by atomic mass is 9.72. The van der Waals surface area contributed by atoms with E-state index in [1.54, 1.807) is 47.9 Å². The van der Waals surface area contributed by atoms with Gasteiger partial charge in [-0.2, -0.15) is 5.26 Å². The summed E-state index contributed by atoms with van der Waals surface area (Å²) in [5.41, 5.74) is 3.64. The van der Waals surface area contributed by atoms with E-state index in [2.05, 4.69) is 31.8 Å². The van der Waals surface area contributed by atoms with Crippen molar-refractivity contribution in [1.29, 1.82) is 5.26 Å². The fourth-order valence-electron chi connectivity index (χ4n) is 4.55. The number of hydrogen-bond donors (Lipinski definition) is 1. The van der Waals surface area contributed by atoms with E-state index in [0.717, 1.165) is 29.8 Å². The number of aromatic carboxylic acids is 1. The van der Waals surface area contributed by atoms with Crippen LogP contribution in [-0.4, -0.2) is 24.4 Å². The molecule has 3 aromatic rings. The van der Waals surface area contributed by atoms with Crippen molar-refractivity contribution in [3.63, 3.8) is 0 Å². The number of carboxylic acid groups (broad SMARTS) is 1. The fraction of sp³-hybridized carbons (Fsp3) is 0.345. The van der Waals surface area contributed by atoms with Crippen molar-refractivity contribution in [3.8, 4) is 17.6 Å². The number of nitriles is 1. The third-order valence-corrected chi connectivity index (χ3v) is 8.17. The lowest BCUT2D eigenvalue weighted by molar-refractivity contribution is 0.0696. The van der Waals surface area contributed by atoms with E-state index >= 15 is 0 Å². The highest BCUT2D eigenvalue weighted by Crippen LogP contribution is 2.45. The van der Waals surface area contributed by atoms with Crippen LogP contribution in [0.3, 0.4) is 0 Å². The quantitative estimate of drug-likeness (QED) is 0.316. The SMILES string of the molecule is COc1cc(C=Nc2sc3c(c2C#N)CC[C@H](C(C)(C)C)C3)cc(Cl)c1OCc1cccc(C(=O)O)c1. The molecule has 4 rings (SSSR count). The van der Waals surface area contributed by atoms with Crippen LogP contribution in [-0.2, 0) is 19.4 Å². The highest BCUT2D eigenvalue weighted by atomic mass is 35.5. The van der Waals surface area contributed by atoms with Gasteiger partial charge in [0.05, 0.1) is 23.3 Å². The molecule has 0 fully saturated rings. The lowest BCUT2D eigenvalue weighted by Gasteiger charge is -2.33. The summed E-state index contributed by atoms with van der Waals surface area (Å²) in [6.07, 6.45) is 4.66. The van der Waals surface area contributed by atoms with E-state index in [4.69, 9.17) is 21.1 Å². The van der Waals surface area contributed by atoms with Crippen molar-refractivity contribution in [3.05, 3.63) is 74.1 Å². The molecule has 0 spiro atoms. The van der Waals surface area contributed by atoms with Gasteiger partial charge in [-0.25, -0.2) is 9.79 Å². The number of carboxylic acids is 1. The Hall–Kier alpha value is -3.34. The molecule has 6 nitrogen and oxygen atoms in total. The monoisotopic (exact) mass is 536 g/mol. The van der Waals surface area contributed by atoms with E-state index in [-0.39, 0.29) is 17.6 Å². The third-order valence-electron chi connectivity index (χ3n) is 6.72. The van der Waals surface area contributed by atoms with Gasteiger partial charge in [-0.15, -0.1) is 11.3 Å². The second-order valence-electron chi connectivity index (χ2n) is 10.2. The van der Waals surface area contributed by atoms with Gasteiger partial charge < -0.3 is 14.6 Å². The number of benzene rings is 2. The van der Waals surface area contributed by atoms with Crippen molar-refractivity contribution in [1.82, 2.24) is 0 Å². The van der Waals surface area contributed by atoms with Gasteiger partial charge in [0, 0.05) is 11.1 Å². The zero-order valence-electron chi connectivity index (χ0n) is 21.3. The summed E-state index contributed by atoms with van der Waals surface area (Å²) in [4.78, 5) is 17.2. The molecule has 0 aliphatic heterocycles. The average Bonchev–Trinajstić information content (AvgIpc) is 3.22. The summed E-state index contributed by atoms with van der Waals surface area (Å²) in [5, 5.41) is 20.1. The van der Waals surface area contributed by atoms with Crippen LogP contribution in [0.2, 0.25) is 5.02 Å². The Labute approximate surface area is 226 Å². The molecule has 2 aromatic carbocycles. The van der Waals surface area contributed by atoms with Gasteiger partial charge in [0.25, 0.3) is 0 Å². The Morgan fingerprint density at radius 2 is 2.11 bits per heavy atom. The number of carbonyl (C=O) groups is 1. The summed E-state index contributed by atoms with van der Waals surface area (Å²) in [6.45, 7) is 6.96. The Kier molecular flexibility index (Phi) is 7.91. The van der Waals surface area contributed by atoms with Gasteiger partial charge in [-0.1, -0.05) is 44.5 Å². The maximum Gasteiger partial charge on any atom is 0.335 e. The molecule has 1 N–H and O–H groups in total. The number of aliphatic imine (C=N–C) groups is 1. The van der Waals surface area contributed by atoms with Crippen molar-refractivity contribution in [2.24, 2.45) is 16.3 Å². The number of rotatable bonds is 7. The van der Waals surface area contributed by atoms with Gasteiger partial charge >= 0.3 is 5.97 Å². The Bertz CT molecular complexity index is 1400. The van der Waals surface area contributed by atoms with Crippen molar-refractivity contribution < 1.29 is 19.4 Å². The molecule has 1 aliphatic carbocycles. The first-order valence-electron chi connectivity index (χ1n) is 12.0. The second kappa shape index (κ2) is 11.0. The van der Waals surface area contributed by atoms with Crippen molar-refractivity contribution in [2.75, 3.05) is 7.11 Å². The van der Waals surface area contributed by atoms with Gasteiger partial charge in [0.2, 0.25) is 0 Å². The van der Waals surface area contributed by atoms with Crippen LogP contribution in [0, 0.1) is 22.7 Å². The first-order valence-corrected chi connectivity index (χ1v) is 13.2. The summed E-state index contributed by atoms with van der Waals surface area (Å²) in [7, 11) is 1.53. The smallest absolute Gasteiger partial charge is 0.335 e. The highest BCUT2D eigenvalue weighted by Gasteiger charge is 2.32. The van der Waals surface area contributed by atoms with E-state index in [1.807, 2.05) is 0 Å². The maximum absolute atomic E-state index is 11.2. The zero-order valence-corrected chi connectivity index (χ0v) is 22.9. The first kappa shape index (κ1) is 26.7. The predicted molar refractivity (Wildman–Crippen MR) is 147 cm³/mol. The number of methoxy groups -OCH3 is 1. The Morgan fingerprint density at radius 3 is 2.78 bits per heavy atom. The van der Waals surface area contributed by atoms with Crippen LogP contribution in [0.5, 0.6) is 11.5 Å². The minimum absolute atomic E-state index is 0.131. The van der Waals surface area contributed by atoms with Gasteiger partial charge in [-0.3, -0.25) is 0 Å². The predicted octanol–water partition coefficient (Wildman–Crippen LogP) is 7.46. The molecule has 0 radical (unpaired) electrons. The van der Waals surface area contributed by atoms with Gasteiger partial charge in [0.15, 0.2) is 11.5 Å². The number of fused-ring (bicyclic) bond motifs is 1. The van der Waals surface area contributed by atoms with E-state index in [0.29, 0.717) is 39.1 Å². The molecule has 0 saturated heterocycles. The molecular weight excluding hydrogens is 508 g/mol. The molecule has 0 unspecified atom stereocenters. The molecule has 8 heteroatoms. The Morgan fingerprint density at radius 1 is 1.32 bits per heavy atom. The van der Waals surface area contributed by atoms with Crippen molar-refractivity contribution in [2.45, 2.75) is 46.6 Å². The number of ether oxygens (including phenoxy) is 2. The molecule has 0 bridgehead atoms. The standard InChI is InChI=1S/C29H29ClN2O4S/c1-29(2,3)20-8-9-21-22(14-31)27(37-25(21)13-20)32-15-18-11-23(30)26(24(12-18)35-4)36-16-17-6-5-7-19(10-17)28(33)34/h5-7,10-12,15,20H,8-9,13,16H2,1-4H3,(H,33,34)/t20-/m0/s1. The second-order valence-corrected chi connectivity index (χ2v) is 11.7. The third kappa shape index (κ3) is 5.98. The molecule has 1 heterocycles. The molecule has 1 aliphatic rings.